The molecule has 2 amide bonds. The quantitative estimate of drug-likeness (QED) is 0.166. The molecule has 0 aliphatic carbocycles. The fraction of sp³-hybridized carbons (Fsp3) is 0.474. The topological polar surface area (TPSA) is 132 Å². The van der Waals surface area contributed by atoms with E-state index < -0.39 is 38.8 Å². The van der Waals surface area contributed by atoms with Crippen molar-refractivity contribution >= 4 is 44.5 Å². The predicted octanol–water partition coefficient (Wildman–Crippen LogP) is 8.03. The van der Waals surface area contributed by atoms with Gasteiger partial charge in [-0.25, -0.2) is 9.59 Å². The van der Waals surface area contributed by atoms with Gasteiger partial charge >= 0.3 is 19.3 Å². The molecule has 0 unspecified atom stereocenters. The number of nitrogens with one attached hydrogen (secondary N) is 2. The third-order valence-electron chi connectivity index (χ3n) is 10.0. The molecule has 3 aromatic rings. The maximum Gasteiger partial charge on any atom is 0.494 e. The summed E-state index contributed by atoms with van der Waals surface area (Å²) in [5.74, 6) is 1.56. The van der Waals surface area contributed by atoms with Crippen LogP contribution < -0.4 is 30.3 Å². The van der Waals surface area contributed by atoms with Gasteiger partial charge in [0.15, 0.2) is 8.32 Å². The molecule has 1 heterocycles. The van der Waals surface area contributed by atoms with Crippen LogP contribution in [0.4, 0.5) is 21.0 Å². The average Bonchev–Trinajstić information content (AvgIpc) is 3.31. The molecule has 1 saturated heterocycles. The molecule has 1 aliphatic rings. The molecular weight excluding hydrogens is 683 g/mol. The van der Waals surface area contributed by atoms with E-state index in [0.717, 1.165) is 11.0 Å². The number of hydrogen-bond acceptors (Lipinski definition) is 10. The second-order valence-corrected chi connectivity index (χ2v) is 20.0. The largest absolute Gasteiger partial charge is 0.496 e. The summed E-state index contributed by atoms with van der Waals surface area (Å²) in [5, 5.41) is 5.52. The summed E-state index contributed by atoms with van der Waals surface area (Å²) in [6, 6.07) is 15.9. The lowest BCUT2D eigenvalue weighted by molar-refractivity contribution is 0.00578. The van der Waals surface area contributed by atoms with Crippen molar-refractivity contribution in [3.8, 4) is 17.2 Å². The molecule has 3 aromatic carbocycles. The Morgan fingerprint density at radius 1 is 0.673 bits per heavy atom. The van der Waals surface area contributed by atoms with Crippen LogP contribution in [0.25, 0.3) is 0 Å². The second-order valence-electron chi connectivity index (χ2n) is 15.2. The van der Waals surface area contributed by atoms with E-state index in [0.29, 0.717) is 46.4 Å². The first-order valence-electron chi connectivity index (χ1n) is 17.2. The normalized spacial score (nSPS) is 15.1. The molecule has 4 rings (SSSR count). The van der Waals surface area contributed by atoms with Gasteiger partial charge in [0.05, 0.1) is 39.1 Å². The minimum atomic E-state index is -1.95. The maximum atomic E-state index is 12.7. The maximum absolute atomic E-state index is 12.7. The van der Waals surface area contributed by atoms with E-state index in [-0.39, 0.29) is 18.3 Å². The minimum absolute atomic E-state index is 0.0316. The molecule has 0 atom stereocenters. The van der Waals surface area contributed by atoms with Gasteiger partial charge in [-0.1, -0.05) is 39.0 Å². The molecule has 12 nitrogen and oxygen atoms in total. The first kappa shape index (κ1) is 40.5. The molecule has 0 bridgehead atoms. The Hall–Kier alpha value is -4.24. The van der Waals surface area contributed by atoms with Gasteiger partial charge in [0.25, 0.3) is 0 Å². The third kappa shape index (κ3) is 9.79. The van der Waals surface area contributed by atoms with Gasteiger partial charge < -0.3 is 37.4 Å². The molecule has 0 radical (unpaired) electrons. The van der Waals surface area contributed by atoms with E-state index in [1.165, 1.54) is 7.11 Å². The zero-order valence-electron chi connectivity index (χ0n) is 32.5. The summed E-state index contributed by atoms with van der Waals surface area (Å²) in [7, 11) is 2.12. The van der Waals surface area contributed by atoms with Gasteiger partial charge in [-0.05, 0) is 75.6 Å². The van der Waals surface area contributed by atoms with Crippen molar-refractivity contribution in [1.29, 1.82) is 0 Å². The average molecular weight is 737 g/mol. The smallest absolute Gasteiger partial charge is 0.494 e. The summed E-state index contributed by atoms with van der Waals surface area (Å²) in [6.07, 6.45) is -1.32. The highest BCUT2D eigenvalue weighted by Gasteiger charge is 2.51. The molecule has 0 spiro atoms. The third-order valence-corrected chi connectivity index (χ3v) is 14.5. The standard InChI is InChI=1S/C38H53BN2O10Si/c1-36(2,3)52(11,12)49-24-27-15-18-30(21-33(27)46-10)41-35(43)48-23-26-14-17-29(20-32(26)45-9)40-34(42)47-22-25-13-16-28(19-31(25)44-8)39-50-37(4,5)38(6,7)51-39/h13-21H,22-24H2,1-12H3,(H,40,42)(H,41,43). The lowest BCUT2D eigenvalue weighted by Gasteiger charge is -2.36. The number of carbonyl (C=O) groups is 2. The second kappa shape index (κ2) is 16.2. The van der Waals surface area contributed by atoms with Crippen molar-refractivity contribution in [1.82, 2.24) is 0 Å². The van der Waals surface area contributed by atoms with E-state index >= 15 is 0 Å². The van der Waals surface area contributed by atoms with Crippen LogP contribution in [0.5, 0.6) is 17.2 Å². The van der Waals surface area contributed by atoms with Gasteiger partial charge in [-0.2, -0.15) is 0 Å². The van der Waals surface area contributed by atoms with E-state index in [9.17, 15) is 9.59 Å². The Morgan fingerprint density at radius 2 is 1.08 bits per heavy atom. The summed E-state index contributed by atoms with van der Waals surface area (Å²) in [4.78, 5) is 25.4. The molecular formula is C38H53BN2O10Si. The molecule has 0 aromatic heterocycles. The van der Waals surface area contributed by atoms with Crippen molar-refractivity contribution in [2.75, 3.05) is 32.0 Å². The first-order chi connectivity index (χ1) is 24.3. The van der Waals surface area contributed by atoms with Crippen LogP contribution in [0.2, 0.25) is 18.1 Å². The Morgan fingerprint density at radius 3 is 1.50 bits per heavy atom. The number of ether oxygens (including phenoxy) is 5. The molecule has 1 fully saturated rings. The Labute approximate surface area is 309 Å². The number of rotatable bonds is 13. The van der Waals surface area contributed by atoms with Crippen molar-refractivity contribution in [2.45, 2.75) is 97.6 Å². The number of anilines is 2. The summed E-state index contributed by atoms with van der Waals surface area (Å²) in [5.41, 5.74) is 2.96. The lowest BCUT2D eigenvalue weighted by Crippen LogP contribution is -2.41. The van der Waals surface area contributed by atoms with E-state index in [2.05, 4.69) is 44.5 Å². The van der Waals surface area contributed by atoms with Crippen molar-refractivity contribution in [3.63, 3.8) is 0 Å². The van der Waals surface area contributed by atoms with E-state index in [1.54, 1.807) is 44.6 Å². The molecule has 282 valence electrons. The van der Waals surface area contributed by atoms with Crippen LogP contribution in [-0.4, -0.2) is 60.2 Å². The highest BCUT2D eigenvalue weighted by atomic mass is 28.4. The van der Waals surface area contributed by atoms with Gasteiger partial charge in [0, 0.05) is 40.2 Å². The van der Waals surface area contributed by atoms with Crippen molar-refractivity contribution in [2.24, 2.45) is 0 Å². The van der Waals surface area contributed by atoms with Crippen LogP contribution in [0.1, 0.15) is 65.2 Å². The van der Waals surface area contributed by atoms with Crippen LogP contribution in [0.3, 0.4) is 0 Å². The lowest BCUT2D eigenvalue weighted by atomic mass is 9.78. The van der Waals surface area contributed by atoms with E-state index in [1.807, 2.05) is 52.0 Å². The zero-order chi connectivity index (χ0) is 38.5. The number of hydrogen-bond donors (Lipinski definition) is 2. The zero-order valence-corrected chi connectivity index (χ0v) is 33.5. The fourth-order valence-electron chi connectivity index (χ4n) is 4.96. The van der Waals surface area contributed by atoms with Crippen LogP contribution in [0.15, 0.2) is 54.6 Å². The highest BCUT2D eigenvalue weighted by molar-refractivity contribution is 6.74. The summed E-state index contributed by atoms with van der Waals surface area (Å²) >= 11 is 0. The van der Waals surface area contributed by atoms with E-state index in [4.69, 9.17) is 37.4 Å². The fourth-order valence-corrected chi connectivity index (χ4v) is 5.91. The van der Waals surface area contributed by atoms with Gasteiger partial charge in [0.2, 0.25) is 0 Å². The molecule has 52 heavy (non-hydrogen) atoms. The molecule has 0 saturated carbocycles. The number of amides is 2. The SMILES string of the molecule is COc1cc(NC(=O)OCc2ccc(B3OC(C)(C)C(C)(C)O3)cc2OC)ccc1COC(=O)Nc1ccc(CO[Si](C)(C)C(C)(C)C)c(OC)c1. The van der Waals surface area contributed by atoms with Crippen LogP contribution in [-0.2, 0) is 43.0 Å². The number of benzene rings is 3. The number of carbonyl (C=O) groups excluding carboxylic acids is 2. The van der Waals surface area contributed by atoms with Gasteiger partial charge in [0.1, 0.15) is 30.5 Å². The van der Waals surface area contributed by atoms with Gasteiger partial charge in [-0.15, -0.1) is 0 Å². The Balaban J connectivity index is 1.29. The summed E-state index contributed by atoms with van der Waals surface area (Å²) in [6.45, 7) is 19.3. The Kier molecular flexibility index (Phi) is 12.6. The Bertz CT molecular complexity index is 1730. The van der Waals surface area contributed by atoms with Crippen LogP contribution >= 0.6 is 0 Å². The first-order valence-corrected chi connectivity index (χ1v) is 20.1. The summed E-state index contributed by atoms with van der Waals surface area (Å²) < 4.78 is 46.2. The van der Waals surface area contributed by atoms with Crippen molar-refractivity contribution < 1.29 is 47.0 Å². The molecule has 1 aliphatic heterocycles. The number of methoxy groups -OCH3 is 3. The van der Waals surface area contributed by atoms with Crippen molar-refractivity contribution in [3.05, 3.63) is 71.3 Å². The molecule has 14 heteroatoms. The minimum Gasteiger partial charge on any atom is -0.496 e. The molecule has 2 N–H and O–H groups in total. The predicted molar refractivity (Wildman–Crippen MR) is 204 cm³/mol. The monoisotopic (exact) mass is 736 g/mol. The highest BCUT2D eigenvalue weighted by Crippen LogP contribution is 2.38. The van der Waals surface area contributed by atoms with Gasteiger partial charge in [-0.3, -0.25) is 10.6 Å². The van der Waals surface area contributed by atoms with Crippen LogP contribution in [0, 0.1) is 0 Å².